The lowest BCUT2D eigenvalue weighted by Crippen LogP contribution is -2.35. The third-order valence-corrected chi connectivity index (χ3v) is 6.89. The number of carbonyl (C=O) groups is 1. The summed E-state index contributed by atoms with van der Waals surface area (Å²) in [7, 11) is 1.20. The molecule has 2 heterocycles. The molecule has 0 saturated carbocycles. The molecule has 1 aromatic heterocycles. The number of methoxy groups -OCH3 is 2. The Balaban J connectivity index is 1.74. The van der Waals surface area contributed by atoms with E-state index in [-0.39, 0.29) is 23.0 Å². The Bertz CT molecular complexity index is 956. The van der Waals surface area contributed by atoms with Gasteiger partial charge in [0.25, 0.3) is 5.91 Å². The number of nitrogens with one attached hydrogen (secondary N) is 1. The van der Waals surface area contributed by atoms with E-state index < -0.39 is 10.0 Å². The molecule has 9 heteroatoms. The number of sulfonamides is 1. The van der Waals surface area contributed by atoms with Crippen LogP contribution >= 0.6 is 0 Å². The Labute approximate surface area is 171 Å². The van der Waals surface area contributed by atoms with E-state index in [2.05, 4.69) is 5.32 Å². The van der Waals surface area contributed by atoms with Crippen LogP contribution in [0.2, 0.25) is 0 Å². The van der Waals surface area contributed by atoms with Crippen molar-refractivity contribution in [2.45, 2.75) is 30.7 Å². The van der Waals surface area contributed by atoms with E-state index in [0.717, 1.165) is 24.8 Å². The lowest BCUT2D eigenvalue weighted by Gasteiger charge is -2.25. The van der Waals surface area contributed by atoms with E-state index in [1.165, 1.54) is 16.6 Å². The molecule has 1 saturated heterocycles. The van der Waals surface area contributed by atoms with Crippen molar-refractivity contribution in [2.75, 3.05) is 27.3 Å². The molecule has 29 heavy (non-hydrogen) atoms. The van der Waals surface area contributed by atoms with Gasteiger partial charge in [0.05, 0.1) is 14.2 Å². The molecular weight excluding hydrogens is 394 g/mol. The van der Waals surface area contributed by atoms with Gasteiger partial charge in [-0.2, -0.15) is 4.31 Å². The van der Waals surface area contributed by atoms with Gasteiger partial charge in [0.1, 0.15) is 22.1 Å². The maximum absolute atomic E-state index is 12.8. The molecule has 1 N–H and O–H groups in total. The zero-order valence-electron chi connectivity index (χ0n) is 17.0. The van der Waals surface area contributed by atoms with Crippen molar-refractivity contribution in [3.63, 3.8) is 0 Å². The van der Waals surface area contributed by atoms with Gasteiger partial charge in [-0.1, -0.05) is 6.42 Å². The molecule has 1 aliphatic rings. The van der Waals surface area contributed by atoms with Gasteiger partial charge < -0.3 is 19.4 Å². The van der Waals surface area contributed by atoms with Gasteiger partial charge in [0.15, 0.2) is 0 Å². The molecule has 0 unspecified atom stereocenters. The molecule has 1 aromatic carbocycles. The lowest BCUT2D eigenvalue weighted by molar-refractivity contribution is 0.0942. The van der Waals surface area contributed by atoms with Crippen molar-refractivity contribution in [1.29, 1.82) is 0 Å². The minimum absolute atomic E-state index is 0.148. The van der Waals surface area contributed by atoms with E-state index in [9.17, 15) is 13.2 Å². The summed E-state index contributed by atoms with van der Waals surface area (Å²) < 4.78 is 39.2. The van der Waals surface area contributed by atoms with Crippen LogP contribution in [0.5, 0.6) is 11.5 Å². The van der Waals surface area contributed by atoms with Crippen LogP contribution in [-0.4, -0.2) is 50.5 Å². The van der Waals surface area contributed by atoms with Crippen LogP contribution in [0.1, 0.15) is 35.3 Å². The second-order valence-corrected chi connectivity index (χ2v) is 8.98. The van der Waals surface area contributed by atoms with Crippen LogP contribution in [0.25, 0.3) is 0 Å². The second-order valence-electron chi connectivity index (χ2n) is 7.04. The fourth-order valence-corrected chi connectivity index (χ4v) is 4.99. The van der Waals surface area contributed by atoms with E-state index in [4.69, 9.17) is 9.47 Å². The molecule has 3 rings (SSSR count). The first-order valence-corrected chi connectivity index (χ1v) is 11.0. The Morgan fingerprint density at radius 2 is 1.66 bits per heavy atom. The molecule has 1 amide bonds. The zero-order valence-corrected chi connectivity index (χ0v) is 17.8. The number of benzene rings is 1. The first-order chi connectivity index (χ1) is 13.8. The molecule has 1 aliphatic heterocycles. The highest BCUT2D eigenvalue weighted by Crippen LogP contribution is 2.24. The SMILES string of the molecule is COc1cc(CNC(=O)c2cc(S(=O)(=O)N3CCCCC3)cn2C)cc(OC)c1. The van der Waals surface area contributed by atoms with Gasteiger partial charge >= 0.3 is 0 Å². The van der Waals surface area contributed by atoms with E-state index in [1.807, 2.05) is 0 Å². The van der Waals surface area contributed by atoms with Crippen molar-refractivity contribution >= 4 is 15.9 Å². The van der Waals surface area contributed by atoms with Gasteiger partial charge in [-0.05, 0) is 36.6 Å². The molecular formula is C20H27N3O5S. The predicted molar refractivity (Wildman–Crippen MR) is 109 cm³/mol. The molecule has 1 fully saturated rings. The highest BCUT2D eigenvalue weighted by atomic mass is 32.2. The molecule has 0 bridgehead atoms. The van der Waals surface area contributed by atoms with Crippen LogP contribution < -0.4 is 14.8 Å². The summed E-state index contributed by atoms with van der Waals surface area (Å²) in [6.07, 6.45) is 4.27. The van der Waals surface area contributed by atoms with Crippen molar-refractivity contribution in [3.05, 3.63) is 41.7 Å². The van der Waals surface area contributed by atoms with Gasteiger partial charge in [-0.25, -0.2) is 8.42 Å². The quantitative estimate of drug-likeness (QED) is 0.740. The third-order valence-electron chi connectivity index (χ3n) is 5.03. The number of rotatable bonds is 7. The molecule has 0 radical (unpaired) electrons. The molecule has 0 spiro atoms. The average Bonchev–Trinajstić information content (AvgIpc) is 3.14. The van der Waals surface area contributed by atoms with Crippen LogP contribution in [0.4, 0.5) is 0 Å². The van der Waals surface area contributed by atoms with Crippen molar-refractivity contribution in [1.82, 2.24) is 14.2 Å². The molecule has 158 valence electrons. The third kappa shape index (κ3) is 4.73. The summed E-state index contributed by atoms with van der Waals surface area (Å²) in [6, 6.07) is 6.80. The number of nitrogens with zero attached hydrogens (tertiary/aromatic N) is 2. The maximum Gasteiger partial charge on any atom is 0.268 e. The van der Waals surface area contributed by atoms with Crippen molar-refractivity contribution < 1.29 is 22.7 Å². The number of hydrogen-bond donors (Lipinski definition) is 1. The number of piperidine rings is 1. The van der Waals surface area contributed by atoms with Crippen molar-refractivity contribution in [2.24, 2.45) is 7.05 Å². The summed E-state index contributed by atoms with van der Waals surface area (Å²) in [5, 5.41) is 2.82. The van der Waals surface area contributed by atoms with Crippen LogP contribution in [0, 0.1) is 0 Å². The lowest BCUT2D eigenvalue weighted by atomic mass is 10.2. The van der Waals surface area contributed by atoms with E-state index in [1.54, 1.807) is 44.0 Å². The number of aromatic nitrogens is 1. The molecule has 0 aliphatic carbocycles. The number of hydrogen-bond acceptors (Lipinski definition) is 5. The number of amides is 1. The minimum atomic E-state index is -3.58. The smallest absolute Gasteiger partial charge is 0.268 e. The second kappa shape index (κ2) is 8.87. The first-order valence-electron chi connectivity index (χ1n) is 9.52. The first kappa shape index (κ1) is 21.2. The van der Waals surface area contributed by atoms with Crippen LogP contribution in [0.15, 0.2) is 35.4 Å². The Morgan fingerprint density at radius 1 is 1.03 bits per heavy atom. The highest BCUT2D eigenvalue weighted by Gasteiger charge is 2.28. The topological polar surface area (TPSA) is 89.9 Å². The Hall–Kier alpha value is -2.52. The fourth-order valence-electron chi connectivity index (χ4n) is 3.40. The standard InChI is InChI=1S/C20H27N3O5S/c1-22-14-18(29(25,26)23-7-5-4-6-8-23)12-19(22)20(24)21-13-15-9-16(27-2)11-17(10-15)28-3/h9-12,14H,4-8,13H2,1-3H3,(H,21,24). The molecule has 0 atom stereocenters. The highest BCUT2D eigenvalue weighted by molar-refractivity contribution is 7.89. The number of aryl methyl sites for hydroxylation is 1. The summed E-state index contributed by atoms with van der Waals surface area (Å²) in [6.45, 7) is 1.30. The van der Waals surface area contributed by atoms with Gasteiger partial charge in [0.2, 0.25) is 10.0 Å². The Kier molecular flexibility index (Phi) is 6.49. The van der Waals surface area contributed by atoms with Gasteiger partial charge in [-0.15, -0.1) is 0 Å². The minimum Gasteiger partial charge on any atom is -0.497 e. The summed E-state index contributed by atoms with van der Waals surface area (Å²) in [4.78, 5) is 12.8. The molecule has 8 nitrogen and oxygen atoms in total. The number of ether oxygens (including phenoxy) is 2. The number of carbonyl (C=O) groups excluding carboxylic acids is 1. The predicted octanol–water partition coefficient (Wildman–Crippen LogP) is 2.15. The fraction of sp³-hybridized carbons (Fsp3) is 0.450. The van der Waals surface area contributed by atoms with Crippen LogP contribution in [0.3, 0.4) is 0 Å². The van der Waals surface area contributed by atoms with Crippen molar-refractivity contribution in [3.8, 4) is 11.5 Å². The maximum atomic E-state index is 12.8. The normalized spacial score (nSPS) is 15.1. The average molecular weight is 422 g/mol. The van der Waals surface area contributed by atoms with E-state index >= 15 is 0 Å². The summed E-state index contributed by atoms with van der Waals surface area (Å²) in [5.74, 6) is 0.902. The largest absolute Gasteiger partial charge is 0.497 e. The van der Waals surface area contributed by atoms with Gasteiger partial charge in [-0.3, -0.25) is 4.79 Å². The Morgan fingerprint density at radius 3 is 2.24 bits per heavy atom. The van der Waals surface area contributed by atoms with Crippen LogP contribution in [-0.2, 0) is 23.6 Å². The van der Waals surface area contributed by atoms with Gasteiger partial charge in [0, 0.05) is 38.9 Å². The zero-order chi connectivity index (χ0) is 21.0. The summed E-state index contributed by atoms with van der Waals surface area (Å²) >= 11 is 0. The summed E-state index contributed by atoms with van der Waals surface area (Å²) in [5.41, 5.74) is 1.10. The molecule has 2 aromatic rings. The van der Waals surface area contributed by atoms with E-state index in [0.29, 0.717) is 24.6 Å². The monoisotopic (exact) mass is 421 g/mol.